The van der Waals surface area contributed by atoms with Crippen molar-refractivity contribution in [1.29, 1.82) is 0 Å². The highest BCUT2D eigenvalue weighted by atomic mass is 32.1. The van der Waals surface area contributed by atoms with Crippen molar-refractivity contribution < 1.29 is 4.39 Å². The lowest BCUT2D eigenvalue weighted by atomic mass is 9.96. The van der Waals surface area contributed by atoms with Crippen LogP contribution in [0.5, 0.6) is 0 Å². The van der Waals surface area contributed by atoms with E-state index in [0.717, 1.165) is 30.9 Å². The molecule has 2 rings (SSSR count). The van der Waals surface area contributed by atoms with Gasteiger partial charge in [-0.2, -0.15) is 0 Å². The molecule has 0 aliphatic rings. The fourth-order valence-corrected chi connectivity index (χ4v) is 2.76. The first kappa shape index (κ1) is 14.2. The number of rotatable bonds is 7. The summed E-state index contributed by atoms with van der Waals surface area (Å²) in [4.78, 5) is 4.34. The molecular formula is C15H19FN2S. The minimum atomic E-state index is -0.182. The Kier molecular flexibility index (Phi) is 5.48. The maximum absolute atomic E-state index is 13.0. The molecule has 0 amide bonds. The van der Waals surface area contributed by atoms with Gasteiger partial charge < -0.3 is 5.32 Å². The summed E-state index contributed by atoms with van der Waals surface area (Å²) >= 11 is 1.68. The Morgan fingerprint density at radius 3 is 2.74 bits per heavy atom. The van der Waals surface area contributed by atoms with Crippen LogP contribution >= 0.6 is 11.3 Å². The molecular weight excluding hydrogens is 259 g/mol. The van der Waals surface area contributed by atoms with Crippen LogP contribution < -0.4 is 5.32 Å². The minimum Gasteiger partial charge on any atom is -0.316 e. The molecule has 0 aliphatic heterocycles. The third kappa shape index (κ3) is 4.40. The van der Waals surface area contributed by atoms with Crippen molar-refractivity contribution in [3.05, 3.63) is 52.2 Å². The predicted molar refractivity (Wildman–Crippen MR) is 78.1 cm³/mol. The molecule has 0 aliphatic carbocycles. The highest BCUT2D eigenvalue weighted by molar-refractivity contribution is 7.09. The zero-order valence-corrected chi connectivity index (χ0v) is 11.9. The van der Waals surface area contributed by atoms with E-state index in [1.54, 1.807) is 11.3 Å². The van der Waals surface area contributed by atoms with Crippen LogP contribution in [-0.2, 0) is 6.42 Å². The average molecular weight is 278 g/mol. The van der Waals surface area contributed by atoms with Crippen LogP contribution in [0, 0.1) is 5.82 Å². The van der Waals surface area contributed by atoms with E-state index in [2.05, 4.69) is 17.2 Å². The van der Waals surface area contributed by atoms with Gasteiger partial charge in [0.25, 0.3) is 0 Å². The molecule has 19 heavy (non-hydrogen) atoms. The summed E-state index contributed by atoms with van der Waals surface area (Å²) in [6, 6.07) is 6.82. The number of nitrogens with one attached hydrogen (secondary N) is 1. The molecule has 0 bridgehead atoms. The quantitative estimate of drug-likeness (QED) is 0.783. The molecule has 102 valence electrons. The Bertz CT molecular complexity index is 467. The number of aromatic nitrogens is 1. The fraction of sp³-hybridized carbons (Fsp3) is 0.400. The lowest BCUT2D eigenvalue weighted by Gasteiger charge is -2.17. The molecule has 0 radical (unpaired) electrons. The molecule has 2 aromatic rings. The maximum atomic E-state index is 13.0. The van der Waals surface area contributed by atoms with E-state index in [0.29, 0.717) is 5.92 Å². The highest BCUT2D eigenvalue weighted by Gasteiger charge is 2.13. The van der Waals surface area contributed by atoms with E-state index >= 15 is 0 Å². The van der Waals surface area contributed by atoms with Gasteiger partial charge in [0.1, 0.15) is 5.82 Å². The molecule has 1 aromatic carbocycles. The summed E-state index contributed by atoms with van der Waals surface area (Å²) in [5.41, 5.74) is 1.17. The SMILES string of the molecule is CCCNCC(Cc1nccs1)c1ccc(F)cc1. The summed E-state index contributed by atoms with van der Waals surface area (Å²) in [7, 11) is 0. The zero-order valence-electron chi connectivity index (χ0n) is 11.1. The molecule has 1 aromatic heterocycles. The summed E-state index contributed by atoms with van der Waals surface area (Å²) in [5, 5.41) is 6.57. The normalized spacial score (nSPS) is 12.5. The van der Waals surface area contributed by atoms with Crippen molar-refractivity contribution in [3.63, 3.8) is 0 Å². The highest BCUT2D eigenvalue weighted by Crippen LogP contribution is 2.22. The first-order valence-corrected chi connectivity index (χ1v) is 7.52. The van der Waals surface area contributed by atoms with Gasteiger partial charge in [-0.05, 0) is 30.7 Å². The Morgan fingerprint density at radius 1 is 1.32 bits per heavy atom. The lowest BCUT2D eigenvalue weighted by Crippen LogP contribution is -2.23. The Morgan fingerprint density at radius 2 is 2.11 bits per heavy atom. The Balaban J connectivity index is 2.06. The van der Waals surface area contributed by atoms with Crippen molar-refractivity contribution >= 4 is 11.3 Å². The van der Waals surface area contributed by atoms with Crippen molar-refractivity contribution in [2.75, 3.05) is 13.1 Å². The van der Waals surface area contributed by atoms with Crippen molar-refractivity contribution in [3.8, 4) is 0 Å². The molecule has 1 heterocycles. The molecule has 1 unspecified atom stereocenters. The second-order valence-corrected chi connectivity index (χ2v) is 5.56. The Labute approximate surface area is 117 Å². The van der Waals surface area contributed by atoms with Gasteiger partial charge in [-0.25, -0.2) is 9.37 Å². The summed E-state index contributed by atoms with van der Waals surface area (Å²) in [6.07, 6.45) is 3.86. The first-order valence-electron chi connectivity index (χ1n) is 6.64. The summed E-state index contributed by atoms with van der Waals surface area (Å²) < 4.78 is 13.0. The molecule has 1 atom stereocenters. The van der Waals surface area contributed by atoms with Gasteiger partial charge in [0.15, 0.2) is 0 Å². The van der Waals surface area contributed by atoms with Gasteiger partial charge in [0, 0.05) is 30.5 Å². The number of thiazole rings is 1. The predicted octanol–water partition coefficient (Wildman–Crippen LogP) is 3.61. The summed E-state index contributed by atoms with van der Waals surface area (Å²) in [5.74, 6) is 0.163. The molecule has 0 saturated carbocycles. The molecule has 0 saturated heterocycles. The monoisotopic (exact) mass is 278 g/mol. The molecule has 4 heteroatoms. The fourth-order valence-electron chi connectivity index (χ4n) is 2.06. The topological polar surface area (TPSA) is 24.9 Å². The van der Waals surface area contributed by atoms with Crippen molar-refractivity contribution in [1.82, 2.24) is 10.3 Å². The van der Waals surface area contributed by atoms with Gasteiger partial charge in [0.2, 0.25) is 0 Å². The van der Waals surface area contributed by atoms with Crippen molar-refractivity contribution in [2.45, 2.75) is 25.7 Å². The van der Waals surface area contributed by atoms with E-state index in [1.807, 2.05) is 23.7 Å². The third-order valence-electron chi connectivity index (χ3n) is 3.06. The number of hydrogen-bond acceptors (Lipinski definition) is 3. The van der Waals surface area contributed by atoms with E-state index in [4.69, 9.17) is 0 Å². The van der Waals surface area contributed by atoms with Crippen LogP contribution in [0.15, 0.2) is 35.8 Å². The van der Waals surface area contributed by atoms with Crippen LogP contribution in [0.1, 0.15) is 29.8 Å². The zero-order chi connectivity index (χ0) is 13.5. The average Bonchev–Trinajstić information content (AvgIpc) is 2.92. The largest absolute Gasteiger partial charge is 0.316 e. The van der Waals surface area contributed by atoms with Crippen LogP contribution in [0.4, 0.5) is 4.39 Å². The Hall–Kier alpha value is -1.26. The van der Waals surface area contributed by atoms with Gasteiger partial charge in [-0.15, -0.1) is 11.3 Å². The van der Waals surface area contributed by atoms with E-state index < -0.39 is 0 Å². The number of benzene rings is 1. The molecule has 0 spiro atoms. The van der Waals surface area contributed by atoms with E-state index in [9.17, 15) is 4.39 Å². The van der Waals surface area contributed by atoms with Crippen LogP contribution in [0.25, 0.3) is 0 Å². The van der Waals surface area contributed by atoms with Gasteiger partial charge in [0.05, 0.1) is 5.01 Å². The maximum Gasteiger partial charge on any atom is 0.123 e. The van der Waals surface area contributed by atoms with Gasteiger partial charge >= 0.3 is 0 Å². The second kappa shape index (κ2) is 7.36. The minimum absolute atomic E-state index is 0.182. The van der Waals surface area contributed by atoms with Crippen LogP contribution in [0.3, 0.4) is 0 Å². The van der Waals surface area contributed by atoms with Gasteiger partial charge in [-0.3, -0.25) is 0 Å². The van der Waals surface area contributed by atoms with Crippen LogP contribution in [0.2, 0.25) is 0 Å². The van der Waals surface area contributed by atoms with Crippen molar-refractivity contribution in [2.24, 2.45) is 0 Å². The second-order valence-electron chi connectivity index (χ2n) is 4.58. The molecule has 2 nitrogen and oxygen atoms in total. The number of halogens is 1. The smallest absolute Gasteiger partial charge is 0.123 e. The third-order valence-corrected chi connectivity index (χ3v) is 3.87. The summed E-state index contributed by atoms with van der Waals surface area (Å²) in [6.45, 7) is 4.06. The number of nitrogens with zero attached hydrogens (tertiary/aromatic N) is 1. The van der Waals surface area contributed by atoms with Gasteiger partial charge in [-0.1, -0.05) is 19.1 Å². The number of hydrogen-bond donors (Lipinski definition) is 1. The molecule has 1 N–H and O–H groups in total. The van der Waals surface area contributed by atoms with E-state index in [-0.39, 0.29) is 5.82 Å². The van der Waals surface area contributed by atoms with Crippen LogP contribution in [-0.4, -0.2) is 18.1 Å². The standard InChI is InChI=1S/C15H19FN2S/c1-2-7-17-11-13(10-15-18-8-9-19-15)12-3-5-14(16)6-4-12/h3-6,8-9,13,17H,2,7,10-11H2,1H3. The molecule has 0 fully saturated rings. The van der Waals surface area contributed by atoms with E-state index in [1.165, 1.54) is 17.7 Å². The first-order chi connectivity index (χ1) is 9.29. The lowest BCUT2D eigenvalue weighted by molar-refractivity contribution is 0.573.